The van der Waals surface area contributed by atoms with Crippen LogP contribution in [0.25, 0.3) is 195 Å². The van der Waals surface area contributed by atoms with Crippen molar-refractivity contribution in [3.8, 4) is 50.4 Å². The normalized spacial score (nSPS) is 11.6. The number of benzene rings is 23. The smallest absolute Gasteiger partial charge is 0.0602 e. The zero-order valence-corrected chi connectivity index (χ0v) is 82.9. The van der Waals surface area contributed by atoms with E-state index in [1.807, 2.05) is 0 Å². The van der Waals surface area contributed by atoms with Gasteiger partial charge >= 0.3 is 732 Å². The summed E-state index contributed by atoms with van der Waals surface area (Å²) in [5.41, 5.74) is 28.4. The van der Waals surface area contributed by atoms with E-state index in [2.05, 4.69) is 562 Å². The first kappa shape index (κ1) is 85.2. The third-order valence-corrected chi connectivity index (χ3v) is 35.6. The van der Waals surface area contributed by atoms with E-state index in [0.29, 0.717) is 43.5 Å². The van der Waals surface area contributed by atoms with Crippen LogP contribution in [0.15, 0.2) is 534 Å². The molecule has 0 bridgehead atoms. The molecule has 0 unspecified atom stereocenters. The number of hydrogen-bond donors (Lipinski definition) is 0. The third-order valence-electron chi connectivity index (χ3n) is 28.3. The van der Waals surface area contributed by atoms with Crippen molar-refractivity contribution in [2.24, 2.45) is 0 Å². The summed E-state index contributed by atoms with van der Waals surface area (Å²) in [7, 11) is 0. The molecule has 6 aromatic heterocycles. The van der Waals surface area contributed by atoms with Gasteiger partial charge in [0.25, 0.3) is 0 Å². The van der Waals surface area contributed by atoms with Crippen LogP contribution in [0.4, 0.5) is 51.2 Å². The van der Waals surface area contributed by atoms with Crippen LogP contribution in [0.5, 0.6) is 0 Å². The van der Waals surface area contributed by atoms with Gasteiger partial charge in [-0.2, -0.15) is 0 Å². The molecule has 0 spiro atoms. The Kier molecular flexibility index (Phi) is 21.6. The van der Waals surface area contributed by atoms with Gasteiger partial charge < -0.3 is 0 Å². The van der Waals surface area contributed by atoms with E-state index in [1.54, 1.807) is 0 Å². The van der Waals surface area contributed by atoms with Gasteiger partial charge in [-0.05, 0) is 11.1 Å². The standard InChI is InChI=1S/C48H32N2Se.C46H30N2Se.C40H26N2Se/c1-3-11-33(12-4-1)34-19-21-35(22-20-34)36-23-25-38(26-24-36)49(40-28-30-48-44(32-40)42-16-8-10-18-47(42)51-48)39-27-29-46-43(31-39)41-15-7-9-17-45(41)50(46)37-13-5-2-6-14-37;1-2-13-33(14-3-1)48-43-19-8-6-16-39(43)41-29-35(25-27-44(41)48)47(36-26-28-46-42(30-36)40-17-7-9-20-45(40)49-46)34-23-21-32(22-24-34)38-18-10-12-31-11-4-5-15-37(31)38;1-2-12-29(13-3-1)42-37-16-8-6-14-33(37)35-25-31(20-22-38(35)42)41(30-19-18-27-10-4-5-11-28(27)24-30)32-21-23-40-36(26-32)34-15-7-9-17-39(34)43-40/h1-32H;1-30H;1-26H. The van der Waals surface area contributed by atoms with Crippen LogP contribution in [-0.2, 0) is 0 Å². The molecule has 0 atom stereocenters. The third kappa shape index (κ3) is 15.4. The van der Waals surface area contributed by atoms with E-state index in [-0.39, 0.29) is 0 Å². The number of aromatic nitrogens is 3. The SMILES string of the molecule is c1ccc(-c2ccc(-c3ccc(N(c4ccc5[se]c6ccccc6c5c4)c4ccc5c(c4)c4ccccc4n5-c4ccccc4)cc3)cc2)cc1.c1ccc(-n2c3ccccc3c3cc(N(c4ccc(-c5cccc6ccccc56)cc4)c4ccc5[se]c6ccccc6c5c4)ccc32)cc1.c1ccc(-n2c3ccccc3c3cc(N(c4ccc5ccccc5c4)c4ccc5[se]c6ccccc6c5c4)ccc32)cc1. The van der Waals surface area contributed by atoms with E-state index in [4.69, 9.17) is 0 Å². The van der Waals surface area contributed by atoms with Gasteiger partial charge in [-0.1, -0.05) is 109 Å². The molecule has 143 heavy (non-hydrogen) atoms. The molecule has 0 aliphatic rings. The summed E-state index contributed by atoms with van der Waals surface area (Å²) in [6.07, 6.45) is 0. The Morgan fingerprint density at radius 1 is 0.133 bits per heavy atom. The Morgan fingerprint density at radius 2 is 0.385 bits per heavy atom. The monoisotopic (exact) mass is 2020 g/mol. The van der Waals surface area contributed by atoms with E-state index < -0.39 is 0 Å². The number of fused-ring (bicyclic) bond motifs is 20. The fraction of sp³-hybridized carbons (Fsp3) is 0. The molecule has 0 saturated carbocycles. The predicted molar refractivity (Wildman–Crippen MR) is 614 cm³/mol. The first-order valence-electron chi connectivity index (χ1n) is 48.6. The summed E-state index contributed by atoms with van der Waals surface area (Å²) < 4.78 is 15.9. The average Bonchev–Trinajstić information content (AvgIpc) is 1.59. The van der Waals surface area contributed by atoms with Crippen LogP contribution in [-0.4, -0.2) is 57.2 Å². The first-order valence-corrected chi connectivity index (χ1v) is 53.8. The summed E-state index contributed by atoms with van der Waals surface area (Å²) >= 11 is 0.995. The number of anilines is 9. The van der Waals surface area contributed by atoms with Crippen molar-refractivity contribution in [1.82, 2.24) is 13.7 Å². The van der Waals surface area contributed by atoms with Crippen molar-refractivity contribution < 1.29 is 0 Å². The second kappa shape index (κ2) is 36.3. The van der Waals surface area contributed by atoms with Crippen molar-refractivity contribution in [3.05, 3.63) is 534 Å². The second-order valence-corrected chi connectivity index (χ2v) is 43.4. The molecule has 6 nitrogen and oxygen atoms in total. The van der Waals surface area contributed by atoms with Gasteiger partial charge in [-0.15, -0.1) is 0 Å². The van der Waals surface area contributed by atoms with Gasteiger partial charge in [-0.25, -0.2) is 0 Å². The van der Waals surface area contributed by atoms with Gasteiger partial charge in [0, 0.05) is 0 Å². The predicted octanol–water partition coefficient (Wildman–Crippen LogP) is 36.2. The minimum Gasteiger partial charge on any atom is -0.0602 e. The van der Waals surface area contributed by atoms with Crippen LogP contribution in [0, 0.1) is 0 Å². The van der Waals surface area contributed by atoms with Gasteiger partial charge in [-0.3, -0.25) is 0 Å². The van der Waals surface area contributed by atoms with Crippen molar-refractivity contribution in [2.75, 3.05) is 14.7 Å². The Labute approximate surface area is 845 Å². The van der Waals surface area contributed by atoms with Gasteiger partial charge in [0.1, 0.15) is 0 Å². The molecular formula is C134H88N6Se3. The molecule has 0 aliphatic carbocycles. The van der Waals surface area contributed by atoms with E-state index in [0.717, 1.165) is 45.5 Å². The summed E-state index contributed by atoms with van der Waals surface area (Å²) in [5.74, 6) is 0. The molecule has 6 heterocycles. The molecule has 0 saturated heterocycles. The summed E-state index contributed by atoms with van der Waals surface area (Å²) in [6.45, 7) is 0. The number of rotatable bonds is 15. The van der Waals surface area contributed by atoms with Crippen molar-refractivity contribution in [1.29, 1.82) is 0 Å². The van der Waals surface area contributed by atoms with Crippen molar-refractivity contribution in [2.45, 2.75) is 0 Å². The van der Waals surface area contributed by atoms with Gasteiger partial charge in [0.2, 0.25) is 0 Å². The topological polar surface area (TPSA) is 24.5 Å². The maximum atomic E-state index is 2.43. The molecule has 0 fully saturated rings. The molecule has 29 rings (SSSR count). The van der Waals surface area contributed by atoms with Crippen molar-refractivity contribution in [3.63, 3.8) is 0 Å². The summed E-state index contributed by atoms with van der Waals surface area (Å²) in [4.78, 5) is 7.27. The first-order chi connectivity index (χ1) is 70.9. The van der Waals surface area contributed by atoms with Crippen LogP contribution >= 0.6 is 0 Å². The molecule has 0 radical (unpaired) electrons. The van der Waals surface area contributed by atoms with Crippen LogP contribution < -0.4 is 14.7 Å². The zero-order valence-electron chi connectivity index (χ0n) is 77.7. The Bertz CT molecular complexity index is 9920. The van der Waals surface area contributed by atoms with Gasteiger partial charge in [0.15, 0.2) is 0 Å². The fourth-order valence-electron chi connectivity index (χ4n) is 21.6. The molecule has 0 amide bonds. The number of hydrogen-bond acceptors (Lipinski definition) is 3. The van der Waals surface area contributed by atoms with Crippen molar-refractivity contribution >= 4 is 240 Å². The zero-order chi connectivity index (χ0) is 94.4. The fourth-order valence-corrected chi connectivity index (χ4v) is 28.5. The summed E-state index contributed by atoms with van der Waals surface area (Å²) in [6, 6.07) is 195. The second-order valence-electron chi connectivity index (χ2n) is 36.6. The number of nitrogens with zero attached hydrogens (tertiary/aromatic N) is 6. The molecule has 0 N–H and O–H groups in total. The molecular weight excluding hydrogens is 1930 g/mol. The van der Waals surface area contributed by atoms with Gasteiger partial charge in [0.05, 0.1) is 0 Å². The number of para-hydroxylation sites is 6. The van der Waals surface area contributed by atoms with Crippen LogP contribution in [0.2, 0.25) is 0 Å². The molecule has 29 aromatic rings. The maximum absolute atomic E-state index is 2.43. The summed E-state index contributed by atoms with van der Waals surface area (Å²) in [5, 5.41) is 20.7. The minimum atomic E-state index is 0.325. The minimum absolute atomic E-state index is 0.325. The molecule has 672 valence electrons. The average molecular weight is 2020 g/mol. The van der Waals surface area contributed by atoms with E-state index in [1.165, 1.54) is 201 Å². The van der Waals surface area contributed by atoms with E-state index in [9.17, 15) is 0 Å². The molecule has 9 heteroatoms. The Hall–Kier alpha value is -17.1. The van der Waals surface area contributed by atoms with Crippen LogP contribution in [0.1, 0.15) is 0 Å². The van der Waals surface area contributed by atoms with E-state index >= 15 is 0 Å². The Balaban J connectivity index is 0.000000107. The molecule has 23 aromatic carbocycles. The molecule has 0 aliphatic heterocycles. The Morgan fingerprint density at radius 3 is 0.783 bits per heavy atom. The quantitative estimate of drug-likeness (QED) is 0.0956. The van der Waals surface area contributed by atoms with Crippen LogP contribution in [0.3, 0.4) is 0 Å².